The van der Waals surface area contributed by atoms with Crippen LogP contribution in [0.4, 0.5) is 0 Å². The van der Waals surface area contributed by atoms with Gasteiger partial charge in [-0.05, 0) is 84.5 Å². The molecule has 4 aromatic rings. The molecule has 11 heteroatoms. The molecule has 2 amide bonds. The Morgan fingerprint density at radius 1 is 0.929 bits per heavy atom. The number of hydrogen-bond donors (Lipinski definition) is 1. The summed E-state index contributed by atoms with van der Waals surface area (Å²) in [6, 6.07) is 20.0. The lowest BCUT2D eigenvalue weighted by Gasteiger charge is -2.40. The number of carbonyl (C=O) groups is 2. The summed E-state index contributed by atoms with van der Waals surface area (Å²) in [5.41, 5.74) is 2.32. The van der Waals surface area contributed by atoms with Gasteiger partial charge in [0.2, 0.25) is 15.9 Å². The van der Waals surface area contributed by atoms with Gasteiger partial charge in [-0.1, -0.05) is 35.9 Å². The van der Waals surface area contributed by atoms with Crippen molar-refractivity contribution in [2.75, 3.05) is 46.8 Å². The maximum absolute atomic E-state index is 13.7. The molecule has 1 saturated heterocycles. The zero-order chi connectivity index (χ0) is 29.9. The van der Waals surface area contributed by atoms with Gasteiger partial charge in [-0.2, -0.15) is 4.31 Å². The van der Waals surface area contributed by atoms with Gasteiger partial charge >= 0.3 is 0 Å². The van der Waals surface area contributed by atoms with Crippen LogP contribution in [0.15, 0.2) is 90.1 Å². The molecule has 1 aliphatic rings. The fourth-order valence-corrected chi connectivity index (χ4v) is 6.64. The molecule has 3 aromatic carbocycles. The lowest BCUT2D eigenvalue weighted by Crippen LogP contribution is -2.61. The van der Waals surface area contributed by atoms with E-state index in [2.05, 4.69) is 10.3 Å². The number of benzene rings is 3. The molecule has 2 heterocycles. The van der Waals surface area contributed by atoms with Crippen molar-refractivity contribution in [1.29, 1.82) is 0 Å². The third kappa shape index (κ3) is 6.47. The van der Waals surface area contributed by atoms with Gasteiger partial charge in [0.25, 0.3) is 5.91 Å². The monoisotopic (exact) mass is 605 g/mol. The number of likely N-dealkylation sites (N-methyl/N-ethyl adjacent to an activating group) is 1. The fourth-order valence-electron chi connectivity index (χ4n) is 4.98. The smallest absolute Gasteiger partial charge is 0.254 e. The van der Waals surface area contributed by atoms with Crippen molar-refractivity contribution in [2.24, 2.45) is 0 Å². The van der Waals surface area contributed by atoms with Gasteiger partial charge in [0, 0.05) is 55.7 Å². The van der Waals surface area contributed by atoms with E-state index in [4.69, 9.17) is 11.6 Å². The highest BCUT2D eigenvalue weighted by atomic mass is 35.5. The second-order valence-corrected chi connectivity index (χ2v) is 12.8. The van der Waals surface area contributed by atoms with E-state index in [0.717, 1.165) is 21.9 Å². The van der Waals surface area contributed by atoms with E-state index in [-0.39, 0.29) is 30.4 Å². The van der Waals surface area contributed by atoms with Gasteiger partial charge in [-0.25, -0.2) is 8.42 Å². The van der Waals surface area contributed by atoms with Crippen molar-refractivity contribution >= 4 is 44.2 Å². The summed E-state index contributed by atoms with van der Waals surface area (Å²) in [7, 11) is -0.159. The van der Waals surface area contributed by atoms with Crippen molar-refractivity contribution in [2.45, 2.75) is 10.9 Å². The summed E-state index contributed by atoms with van der Waals surface area (Å²) in [5.74, 6) is -0.727. The van der Waals surface area contributed by atoms with Crippen LogP contribution in [0.5, 0.6) is 0 Å². The molecule has 1 fully saturated rings. The molecule has 0 spiro atoms. The molecule has 1 unspecified atom stereocenters. The van der Waals surface area contributed by atoms with Crippen LogP contribution in [0.1, 0.15) is 10.4 Å². The number of fused-ring (bicyclic) bond motifs is 1. The average Bonchev–Trinajstić information content (AvgIpc) is 3.00. The second-order valence-electron chi connectivity index (χ2n) is 10.4. The Balaban J connectivity index is 1.39. The molecule has 5 rings (SSSR count). The molecule has 1 N–H and O–H groups in total. The summed E-state index contributed by atoms with van der Waals surface area (Å²) in [6.07, 6.45) is 3.41. The lowest BCUT2D eigenvalue weighted by atomic mass is 10.0. The molecular formula is C31H32ClN5O4S. The Morgan fingerprint density at radius 3 is 2.31 bits per heavy atom. The van der Waals surface area contributed by atoms with Crippen LogP contribution in [-0.4, -0.2) is 92.2 Å². The third-order valence-corrected chi connectivity index (χ3v) is 9.42. The van der Waals surface area contributed by atoms with E-state index in [1.165, 1.54) is 9.21 Å². The normalized spacial score (nSPS) is 16.1. The van der Waals surface area contributed by atoms with Crippen molar-refractivity contribution in [3.8, 4) is 11.1 Å². The average molecular weight is 606 g/mol. The number of amides is 2. The Bertz CT molecular complexity index is 1700. The maximum Gasteiger partial charge on any atom is 0.254 e. The van der Waals surface area contributed by atoms with Gasteiger partial charge in [0.05, 0.1) is 4.90 Å². The largest absolute Gasteiger partial charge is 0.353 e. The number of aromatic nitrogens is 1. The summed E-state index contributed by atoms with van der Waals surface area (Å²) >= 11 is 6.09. The minimum atomic E-state index is -3.94. The van der Waals surface area contributed by atoms with E-state index < -0.39 is 22.0 Å². The molecule has 9 nitrogen and oxygen atoms in total. The first-order chi connectivity index (χ1) is 20.1. The number of nitrogens with zero attached hydrogens (tertiary/aromatic N) is 4. The first-order valence-electron chi connectivity index (χ1n) is 13.6. The summed E-state index contributed by atoms with van der Waals surface area (Å²) in [5, 5.41) is 5.00. The molecule has 218 valence electrons. The van der Waals surface area contributed by atoms with Crippen molar-refractivity contribution in [3.05, 3.63) is 95.8 Å². The lowest BCUT2D eigenvalue weighted by molar-refractivity contribution is -0.126. The highest BCUT2D eigenvalue weighted by Crippen LogP contribution is 2.27. The second kappa shape index (κ2) is 12.6. The van der Waals surface area contributed by atoms with Crippen LogP contribution in [0.25, 0.3) is 21.9 Å². The van der Waals surface area contributed by atoms with Gasteiger partial charge < -0.3 is 15.1 Å². The molecule has 1 atom stereocenters. The summed E-state index contributed by atoms with van der Waals surface area (Å²) in [4.78, 5) is 34.7. The van der Waals surface area contributed by atoms with Gasteiger partial charge in [0.15, 0.2) is 0 Å². The molecular weight excluding hydrogens is 574 g/mol. The molecule has 1 aliphatic heterocycles. The number of halogens is 1. The number of hydrogen-bond acceptors (Lipinski definition) is 6. The van der Waals surface area contributed by atoms with Crippen molar-refractivity contribution < 1.29 is 18.0 Å². The van der Waals surface area contributed by atoms with Crippen LogP contribution < -0.4 is 5.32 Å². The highest BCUT2D eigenvalue weighted by Gasteiger charge is 2.40. The first-order valence-corrected chi connectivity index (χ1v) is 15.4. The Morgan fingerprint density at radius 2 is 1.60 bits per heavy atom. The van der Waals surface area contributed by atoms with Crippen molar-refractivity contribution in [3.63, 3.8) is 0 Å². The quantitative estimate of drug-likeness (QED) is 0.328. The van der Waals surface area contributed by atoms with Crippen LogP contribution in [0.3, 0.4) is 0 Å². The first kappa shape index (κ1) is 29.7. The SMILES string of the molecule is CN(C)CCNC(=O)C1CN(S(=O)(=O)c2ccc3cc(Cl)ccc3c2)CCN1C(=O)c1ccc(-c2ccncc2)cc1. The topological polar surface area (TPSA) is 103 Å². The van der Waals surface area contributed by atoms with Crippen LogP contribution in [-0.2, 0) is 14.8 Å². The standard InChI is InChI=1S/C31H32ClN5O4S/c1-35(2)16-15-34-30(38)29-21-36(42(40,41)28-10-8-25-19-27(32)9-7-26(25)20-28)17-18-37(29)31(39)24-5-3-22(4-6-24)23-11-13-33-14-12-23/h3-14,19-20,29H,15-18,21H2,1-2H3,(H,34,38). The predicted octanol–water partition coefficient (Wildman–Crippen LogP) is 3.75. The number of piperazine rings is 1. The van der Waals surface area contributed by atoms with E-state index in [9.17, 15) is 18.0 Å². The Labute approximate surface area is 250 Å². The van der Waals surface area contributed by atoms with Crippen LogP contribution in [0, 0.1) is 0 Å². The molecule has 1 aromatic heterocycles. The Hall–Kier alpha value is -3.83. The molecule has 0 saturated carbocycles. The number of carbonyl (C=O) groups excluding carboxylic acids is 2. The van der Waals surface area contributed by atoms with E-state index in [1.54, 1.807) is 60.9 Å². The molecule has 0 aliphatic carbocycles. The third-order valence-electron chi connectivity index (χ3n) is 7.32. The number of nitrogens with one attached hydrogen (secondary N) is 1. The molecule has 0 radical (unpaired) electrons. The Kier molecular flexibility index (Phi) is 8.88. The minimum absolute atomic E-state index is 0.0588. The van der Waals surface area contributed by atoms with Gasteiger partial charge in [-0.15, -0.1) is 0 Å². The van der Waals surface area contributed by atoms with E-state index in [1.807, 2.05) is 43.3 Å². The maximum atomic E-state index is 13.7. The van der Waals surface area contributed by atoms with Gasteiger partial charge in [0.1, 0.15) is 6.04 Å². The number of rotatable bonds is 8. The fraction of sp³-hybridized carbons (Fsp3) is 0.258. The summed E-state index contributed by atoms with van der Waals surface area (Å²) < 4.78 is 28.8. The van der Waals surface area contributed by atoms with E-state index >= 15 is 0 Å². The highest BCUT2D eigenvalue weighted by molar-refractivity contribution is 7.89. The summed E-state index contributed by atoms with van der Waals surface area (Å²) in [6.45, 7) is 0.940. The van der Waals surface area contributed by atoms with Crippen molar-refractivity contribution in [1.82, 2.24) is 24.4 Å². The van der Waals surface area contributed by atoms with Crippen LogP contribution in [0.2, 0.25) is 5.02 Å². The predicted molar refractivity (Wildman–Crippen MR) is 164 cm³/mol. The van der Waals surface area contributed by atoms with E-state index in [0.29, 0.717) is 23.7 Å². The molecule has 0 bridgehead atoms. The zero-order valence-electron chi connectivity index (χ0n) is 23.4. The number of sulfonamides is 1. The number of pyridine rings is 1. The zero-order valence-corrected chi connectivity index (χ0v) is 25.0. The van der Waals surface area contributed by atoms with Crippen LogP contribution >= 0.6 is 11.6 Å². The minimum Gasteiger partial charge on any atom is -0.353 e. The molecule has 42 heavy (non-hydrogen) atoms. The van der Waals surface area contributed by atoms with Gasteiger partial charge in [-0.3, -0.25) is 14.6 Å².